The Morgan fingerprint density at radius 1 is 1.05 bits per heavy atom. The Labute approximate surface area is 262 Å². The van der Waals surface area contributed by atoms with E-state index in [0.29, 0.717) is 17.9 Å². The summed E-state index contributed by atoms with van der Waals surface area (Å²) in [5.41, 5.74) is 3.10. The molecular formula is C33H57N3NaO2+. The Hall–Kier alpha value is 0.0200. The van der Waals surface area contributed by atoms with Crippen LogP contribution in [-0.4, -0.2) is 73.6 Å². The topological polar surface area (TPSA) is 40.4 Å². The summed E-state index contributed by atoms with van der Waals surface area (Å²) >= 11 is 0. The maximum absolute atomic E-state index is 9.98. The summed E-state index contributed by atoms with van der Waals surface area (Å²) in [6.45, 7) is 13.9. The zero-order valence-corrected chi connectivity index (χ0v) is 27.9. The van der Waals surface area contributed by atoms with Crippen molar-refractivity contribution < 1.29 is 44.6 Å². The van der Waals surface area contributed by atoms with Crippen molar-refractivity contribution in [1.29, 1.82) is 0 Å². The third kappa shape index (κ3) is 9.25. The zero-order chi connectivity index (χ0) is 26.9. The van der Waals surface area contributed by atoms with Gasteiger partial charge in [0.1, 0.15) is 12.3 Å². The number of nitrogens with zero attached hydrogens (tertiary/aromatic N) is 2. The van der Waals surface area contributed by atoms with Gasteiger partial charge in [0.25, 0.3) is 0 Å². The van der Waals surface area contributed by atoms with Gasteiger partial charge in [0.2, 0.25) is 0 Å². The summed E-state index contributed by atoms with van der Waals surface area (Å²) in [5, 5.41) is 9.98. The molecule has 2 aliphatic carbocycles. The van der Waals surface area contributed by atoms with Crippen LogP contribution in [0.4, 0.5) is 0 Å². The molecule has 2 N–H and O–H groups in total. The van der Waals surface area contributed by atoms with Gasteiger partial charge < -0.3 is 16.2 Å². The van der Waals surface area contributed by atoms with Gasteiger partial charge in [-0.3, -0.25) is 10.2 Å². The second kappa shape index (κ2) is 17.2. The van der Waals surface area contributed by atoms with Crippen LogP contribution >= 0.6 is 0 Å². The maximum Gasteiger partial charge on any atom is 1.00 e. The van der Waals surface area contributed by atoms with Crippen LogP contribution in [0, 0.1) is 30.1 Å². The van der Waals surface area contributed by atoms with Crippen LogP contribution in [0.15, 0.2) is 35.5 Å². The molecule has 0 spiro atoms. The summed E-state index contributed by atoms with van der Waals surface area (Å²) in [6, 6.07) is 0.478. The van der Waals surface area contributed by atoms with Gasteiger partial charge in [-0.05, 0) is 95.1 Å². The normalized spacial score (nSPS) is 29.9. The van der Waals surface area contributed by atoms with Gasteiger partial charge in [0.05, 0.1) is 13.1 Å². The van der Waals surface area contributed by atoms with E-state index in [1.807, 2.05) is 0 Å². The number of hydrogen-bond acceptors (Lipinski definition) is 4. The molecule has 2 heterocycles. The molecule has 4 unspecified atom stereocenters. The van der Waals surface area contributed by atoms with E-state index < -0.39 is 0 Å². The predicted octanol–water partition coefficient (Wildman–Crippen LogP) is 2.39. The smallest absolute Gasteiger partial charge is 0.328 e. The molecule has 0 aromatic heterocycles. The van der Waals surface area contributed by atoms with E-state index in [4.69, 9.17) is 4.89 Å². The van der Waals surface area contributed by atoms with Crippen molar-refractivity contribution in [3.05, 3.63) is 41.9 Å². The monoisotopic (exact) mass is 550 g/mol. The molecule has 4 atom stereocenters. The van der Waals surface area contributed by atoms with Gasteiger partial charge in [-0.15, -0.1) is 0 Å². The maximum atomic E-state index is 9.98. The first kappa shape index (κ1) is 33.5. The van der Waals surface area contributed by atoms with Gasteiger partial charge in [0, 0.05) is 19.0 Å². The van der Waals surface area contributed by atoms with Crippen LogP contribution in [0.25, 0.3) is 0 Å². The zero-order valence-electron chi connectivity index (χ0n) is 25.9. The molecule has 0 bridgehead atoms. The van der Waals surface area contributed by atoms with Crippen molar-refractivity contribution in [2.45, 2.75) is 97.2 Å². The molecule has 5 nitrogen and oxygen atoms in total. The Morgan fingerprint density at radius 2 is 1.74 bits per heavy atom. The minimum Gasteiger partial charge on any atom is -0.328 e. The van der Waals surface area contributed by atoms with Crippen molar-refractivity contribution in [3.63, 3.8) is 0 Å². The number of likely N-dealkylation sites (tertiary alicyclic amines) is 2. The van der Waals surface area contributed by atoms with E-state index in [2.05, 4.69) is 68.3 Å². The van der Waals surface area contributed by atoms with E-state index in [0.717, 1.165) is 31.3 Å². The summed E-state index contributed by atoms with van der Waals surface area (Å²) in [4.78, 5) is 11.8. The predicted molar refractivity (Wildman–Crippen MR) is 158 cm³/mol. The van der Waals surface area contributed by atoms with Crippen molar-refractivity contribution >= 4 is 0 Å². The third-order valence-corrected chi connectivity index (χ3v) is 10.3. The molecule has 2 saturated heterocycles. The Morgan fingerprint density at radius 3 is 2.33 bits per heavy atom. The number of likely N-dealkylation sites (N-methyl/N-ethyl adjacent to an activating group) is 1. The summed E-state index contributed by atoms with van der Waals surface area (Å²) in [6.07, 6.45) is 24.4. The van der Waals surface area contributed by atoms with Crippen molar-refractivity contribution in [2.24, 2.45) is 23.7 Å². The third-order valence-electron chi connectivity index (χ3n) is 10.3. The molecule has 39 heavy (non-hydrogen) atoms. The SMILES string of the molecule is CCC(CC)C[NH+](CC)C1C=CC(=C(C2CCN(C)CC2)C2CCN(CC3C[CH-]CCC3)C(OO)C2)C=C1.[Na+]. The molecule has 0 amide bonds. The van der Waals surface area contributed by atoms with E-state index in [1.54, 1.807) is 10.5 Å². The van der Waals surface area contributed by atoms with Gasteiger partial charge in [-0.1, -0.05) is 50.3 Å². The van der Waals surface area contributed by atoms with E-state index in [9.17, 15) is 5.26 Å². The standard InChI is InChI=1S/C33H56N3O2.Na/c1-5-26(6-2)24-35(7-3)31-15-13-28(14-16-31)33(29-17-20-34(4)21-18-29)30-19-22-36(32(23-30)38-37)25-27-11-9-8-10-12-27;/h9,13-16,26-27,29-32,37H,5-8,10-12,17-25H2,1-4H3;/q-1;+1/p+1. The van der Waals surface area contributed by atoms with Crippen LogP contribution in [0.2, 0.25) is 0 Å². The molecule has 0 aromatic carbocycles. The molecule has 6 heteroatoms. The Balaban J connectivity index is 0.00000420. The first-order valence-corrected chi connectivity index (χ1v) is 16.1. The van der Waals surface area contributed by atoms with Crippen molar-refractivity contribution in [2.75, 3.05) is 46.3 Å². The second-order valence-electron chi connectivity index (χ2n) is 12.7. The first-order valence-electron chi connectivity index (χ1n) is 16.1. The molecule has 0 aromatic rings. The molecule has 4 aliphatic rings. The fraction of sp³-hybridized carbons (Fsp3) is 0.788. The summed E-state index contributed by atoms with van der Waals surface area (Å²) in [5.74, 6) is 2.64. The molecule has 4 rings (SSSR count). The minimum absolute atomic E-state index is 0. The quantitative estimate of drug-likeness (QED) is 0.179. The second-order valence-corrected chi connectivity index (χ2v) is 12.7. The molecule has 1 saturated carbocycles. The van der Waals surface area contributed by atoms with Crippen LogP contribution in [0.1, 0.15) is 85.0 Å². The average Bonchev–Trinajstić information content (AvgIpc) is 2.96. The van der Waals surface area contributed by atoms with Crippen LogP contribution in [-0.2, 0) is 4.89 Å². The number of rotatable bonds is 11. The molecule has 3 fully saturated rings. The van der Waals surface area contributed by atoms with Gasteiger partial charge in [-0.25, -0.2) is 4.89 Å². The number of nitrogens with one attached hydrogen (secondary N) is 1. The van der Waals surface area contributed by atoms with Crippen LogP contribution < -0.4 is 34.5 Å². The van der Waals surface area contributed by atoms with E-state index in [-0.39, 0.29) is 35.8 Å². The van der Waals surface area contributed by atoms with Crippen LogP contribution in [0.3, 0.4) is 0 Å². The molecule has 0 radical (unpaired) electrons. The first-order chi connectivity index (χ1) is 18.6. The average molecular weight is 551 g/mol. The molecule has 2 aliphatic heterocycles. The largest absolute Gasteiger partial charge is 1.00 e. The van der Waals surface area contributed by atoms with E-state index >= 15 is 0 Å². The van der Waals surface area contributed by atoms with Gasteiger partial charge >= 0.3 is 29.6 Å². The fourth-order valence-corrected chi connectivity index (χ4v) is 7.68. The number of allylic oxidation sites excluding steroid dienone is 4. The minimum atomic E-state index is -0.179. The number of piperidine rings is 2. The number of hydrogen-bond donors (Lipinski definition) is 2. The molecule has 216 valence electrons. The summed E-state index contributed by atoms with van der Waals surface area (Å²) in [7, 11) is 2.26. The Bertz CT molecular complexity index is 781. The van der Waals surface area contributed by atoms with Gasteiger partial charge in [0.15, 0.2) is 0 Å². The summed E-state index contributed by atoms with van der Waals surface area (Å²) < 4.78 is 0. The van der Waals surface area contributed by atoms with Gasteiger partial charge in [-0.2, -0.15) is 12.8 Å². The Kier molecular flexibility index (Phi) is 14.8. The fourth-order valence-electron chi connectivity index (χ4n) is 7.68. The number of quaternary nitrogens is 1. The van der Waals surface area contributed by atoms with Crippen LogP contribution in [0.5, 0.6) is 0 Å². The van der Waals surface area contributed by atoms with Crippen molar-refractivity contribution in [3.8, 4) is 0 Å². The molecular weight excluding hydrogens is 493 g/mol. The van der Waals surface area contributed by atoms with E-state index in [1.165, 1.54) is 89.5 Å². The van der Waals surface area contributed by atoms with Crippen molar-refractivity contribution in [1.82, 2.24) is 9.80 Å².